The number of hydrogen-bond acceptors (Lipinski definition) is 8. The molecule has 0 unspecified atom stereocenters. The molecular weight excluding hydrogens is 563 g/mol. The van der Waals surface area contributed by atoms with Crippen molar-refractivity contribution in [1.29, 1.82) is 0 Å². The van der Waals surface area contributed by atoms with E-state index in [-0.39, 0.29) is 36.6 Å². The third-order valence-corrected chi connectivity index (χ3v) is 9.66. The molecule has 0 radical (unpaired) electrons. The molecular formula is C26H38Cl2N6O2S2. The van der Waals surface area contributed by atoms with Crippen LogP contribution in [0.25, 0.3) is 20.4 Å². The summed E-state index contributed by atoms with van der Waals surface area (Å²) in [5.74, 6) is -0.0422. The maximum absolute atomic E-state index is 12.7. The summed E-state index contributed by atoms with van der Waals surface area (Å²) in [5, 5.41) is 9.05. The molecule has 5 rings (SSSR count). The van der Waals surface area contributed by atoms with E-state index in [0.717, 1.165) is 46.1 Å². The van der Waals surface area contributed by atoms with Crippen LogP contribution in [-0.2, 0) is 9.59 Å². The minimum absolute atomic E-state index is 0. The summed E-state index contributed by atoms with van der Waals surface area (Å²) >= 11 is 3.07. The molecule has 0 bridgehead atoms. The van der Waals surface area contributed by atoms with E-state index in [1.54, 1.807) is 23.9 Å². The predicted octanol–water partition coefficient (Wildman–Crippen LogP) is 6.81. The number of thiazole rings is 2. The molecule has 2 saturated carbocycles. The van der Waals surface area contributed by atoms with Crippen LogP contribution < -0.4 is 10.0 Å². The number of hydrogen-bond donors (Lipinski definition) is 0. The predicted molar refractivity (Wildman–Crippen MR) is 163 cm³/mol. The van der Waals surface area contributed by atoms with Crippen molar-refractivity contribution in [2.45, 2.75) is 90.1 Å². The first-order valence-corrected chi connectivity index (χ1v) is 14.7. The van der Waals surface area contributed by atoms with Crippen molar-refractivity contribution in [1.82, 2.24) is 20.0 Å². The summed E-state index contributed by atoms with van der Waals surface area (Å²) in [5.41, 5.74) is 1.66. The lowest BCUT2D eigenvalue weighted by atomic mass is 9.95. The summed E-state index contributed by atoms with van der Waals surface area (Å²) in [6.45, 7) is 3.22. The van der Waals surface area contributed by atoms with E-state index in [1.165, 1.54) is 61.2 Å². The topological polar surface area (TPSA) is 72.9 Å². The zero-order valence-corrected chi connectivity index (χ0v) is 25.8. The molecule has 1 aromatic carbocycles. The molecule has 2 aromatic heterocycles. The van der Waals surface area contributed by atoms with E-state index in [1.807, 2.05) is 20.2 Å². The molecule has 0 spiro atoms. The molecule has 12 heteroatoms. The van der Waals surface area contributed by atoms with Gasteiger partial charge in [-0.1, -0.05) is 61.2 Å². The van der Waals surface area contributed by atoms with E-state index in [0.29, 0.717) is 22.3 Å². The molecule has 3 aromatic rings. The van der Waals surface area contributed by atoms with E-state index < -0.39 is 0 Å². The van der Waals surface area contributed by atoms with Gasteiger partial charge in [-0.15, -0.1) is 24.8 Å². The lowest BCUT2D eigenvalue weighted by Crippen LogP contribution is -2.49. The minimum atomic E-state index is -0.0211. The Morgan fingerprint density at radius 1 is 0.684 bits per heavy atom. The van der Waals surface area contributed by atoms with Crippen molar-refractivity contribution in [2.24, 2.45) is 0 Å². The fourth-order valence-electron chi connectivity index (χ4n) is 5.73. The van der Waals surface area contributed by atoms with Crippen LogP contribution in [0.5, 0.6) is 0 Å². The number of hydrazine groups is 2. The van der Waals surface area contributed by atoms with Gasteiger partial charge in [0.25, 0.3) is 0 Å². The Hall–Kier alpha value is -1.56. The van der Waals surface area contributed by atoms with E-state index in [4.69, 9.17) is 9.97 Å². The van der Waals surface area contributed by atoms with Crippen LogP contribution in [0.15, 0.2) is 12.1 Å². The van der Waals surface area contributed by atoms with Crippen LogP contribution in [-0.4, -0.2) is 58.0 Å². The van der Waals surface area contributed by atoms with Gasteiger partial charge >= 0.3 is 0 Å². The summed E-state index contributed by atoms with van der Waals surface area (Å²) in [4.78, 5) is 35.0. The Bertz CT molecular complexity index is 1110. The SMILES string of the molecule is CC(=O)N(c1nc2cc3nc(N(C(C)=O)N(C)C4CCCCC4)sc3cc2s1)N(C)C1CCCCC1.Cl.Cl. The molecule has 38 heavy (non-hydrogen) atoms. The van der Waals surface area contributed by atoms with Crippen LogP contribution in [0.2, 0.25) is 0 Å². The molecule has 2 fully saturated rings. The van der Waals surface area contributed by atoms with E-state index in [2.05, 4.69) is 16.1 Å². The number of benzene rings is 1. The Kier molecular flexibility index (Phi) is 10.8. The lowest BCUT2D eigenvalue weighted by molar-refractivity contribution is -0.120. The second-order valence-electron chi connectivity index (χ2n) is 10.2. The molecule has 2 aliphatic carbocycles. The summed E-state index contributed by atoms with van der Waals surface area (Å²) in [6.07, 6.45) is 11.8. The maximum Gasteiger partial charge on any atom is 0.240 e. The maximum atomic E-state index is 12.7. The van der Waals surface area contributed by atoms with E-state index in [9.17, 15) is 9.59 Å². The third kappa shape index (κ3) is 6.26. The zero-order chi connectivity index (χ0) is 25.4. The van der Waals surface area contributed by atoms with Crippen molar-refractivity contribution in [3.05, 3.63) is 12.1 Å². The van der Waals surface area contributed by atoms with Gasteiger partial charge in [-0.2, -0.15) is 0 Å². The van der Waals surface area contributed by atoms with Gasteiger partial charge in [0.05, 0.1) is 20.4 Å². The number of fused-ring (bicyclic) bond motifs is 2. The molecule has 0 atom stereocenters. The highest BCUT2D eigenvalue weighted by molar-refractivity contribution is 7.24. The smallest absolute Gasteiger partial charge is 0.240 e. The second kappa shape index (κ2) is 13.2. The van der Waals surface area contributed by atoms with Gasteiger partial charge in [0.2, 0.25) is 22.1 Å². The first-order chi connectivity index (χ1) is 17.3. The molecule has 2 heterocycles. The van der Waals surface area contributed by atoms with Crippen LogP contribution in [0.4, 0.5) is 10.3 Å². The van der Waals surface area contributed by atoms with Crippen molar-refractivity contribution in [3.8, 4) is 0 Å². The number of carbonyl (C=O) groups excluding carboxylic acids is 2. The molecule has 0 saturated heterocycles. The first kappa shape index (κ1) is 31.0. The number of halogens is 2. The van der Waals surface area contributed by atoms with Crippen LogP contribution in [0.3, 0.4) is 0 Å². The molecule has 2 amide bonds. The molecule has 210 valence electrons. The van der Waals surface area contributed by atoms with Crippen molar-refractivity contribution in [2.75, 3.05) is 24.1 Å². The molecule has 0 aliphatic heterocycles. The number of carbonyl (C=O) groups is 2. The Labute approximate surface area is 245 Å². The Balaban J connectivity index is 0.00000200. The van der Waals surface area contributed by atoms with E-state index >= 15 is 0 Å². The Morgan fingerprint density at radius 2 is 1.05 bits per heavy atom. The second-order valence-corrected chi connectivity index (χ2v) is 12.2. The Morgan fingerprint density at radius 3 is 1.39 bits per heavy atom. The van der Waals surface area contributed by atoms with Gasteiger partial charge in [0.15, 0.2) is 0 Å². The van der Waals surface area contributed by atoms with Gasteiger partial charge in [0, 0.05) is 40.0 Å². The number of anilines is 2. The average molecular weight is 602 g/mol. The fourth-order valence-corrected chi connectivity index (χ4v) is 7.94. The number of rotatable bonds is 6. The van der Waals surface area contributed by atoms with Gasteiger partial charge in [-0.3, -0.25) is 9.59 Å². The average Bonchev–Trinajstić information content (AvgIpc) is 3.45. The highest BCUT2D eigenvalue weighted by atomic mass is 35.5. The zero-order valence-electron chi connectivity index (χ0n) is 22.5. The monoisotopic (exact) mass is 600 g/mol. The van der Waals surface area contributed by atoms with Gasteiger partial charge in [0.1, 0.15) is 0 Å². The largest absolute Gasteiger partial charge is 0.273 e. The standard InChI is InChI=1S/C26H36N6O2S2.2ClH/c1-17(33)31(29(3)19-11-7-5-8-12-19)25-27-21-15-22-24(16-23(21)35-25)36-26(28-22)32(18(2)34)30(4)20-13-9-6-10-14-20;;/h15-16,19-20H,5-14H2,1-4H3;2*1H. The van der Waals surface area contributed by atoms with Crippen LogP contribution in [0, 0.1) is 0 Å². The van der Waals surface area contributed by atoms with Crippen LogP contribution >= 0.6 is 47.5 Å². The van der Waals surface area contributed by atoms with Gasteiger partial charge < -0.3 is 0 Å². The highest BCUT2D eigenvalue weighted by Crippen LogP contribution is 2.38. The minimum Gasteiger partial charge on any atom is -0.273 e. The fraction of sp³-hybridized carbons (Fsp3) is 0.615. The molecule has 8 nitrogen and oxygen atoms in total. The first-order valence-electron chi connectivity index (χ1n) is 13.1. The molecule has 0 N–H and O–H groups in total. The van der Waals surface area contributed by atoms with Gasteiger partial charge in [-0.25, -0.2) is 30.0 Å². The van der Waals surface area contributed by atoms with Crippen molar-refractivity contribution < 1.29 is 9.59 Å². The molecule has 2 aliphatic rings. The summed E-state index contributed by atoms with van der Waals surface area (Å²) < 4.78 is 2.04. The number of amides is 2. The van der Waals surface area contributed by atoms with Crippen molar-refractivity contribution >= 4 is 90.0 Å². The number of aromatic nitrogens is 2. The van der Waals surface area contributed by atoms with Gasteiger partial charge in [-0.05, 0) is 37.8 Å². The third-order valence-electron chi connectivity index (χ3n) is 7.67. The summed E-state index contributed by atoms with van der Waals surface area (Å²) in [6, 6.07) is 4.81. The summed E-state index contributed by atoms with van der Waals surface area (Å²) in [7, 11) is 4.02. The quantitative estimate of drug-likeness (QED) is 0.289. The normalized spacial score (nSPS) is 17.0. The van der Waals surface area contributed by atoms with Crippen molar-refractivity contribution in [3.63, 3.8) is 0 Å². The highest BCUT2D eigenvalue weighted by Gasteiger charge is 2.30. The lowest BCUT2D eigenvalue weighted by Gasteiger charge is -2.37. The van der Waals surface area contributed by atoms with Crippen LogP contribution in [0.1, 0.15) is 78.1 Å². The number of nitrogens with zero attached hydrogens (tertiary/aromatic N) is 6.